The van der Waals surface area contributed by atoms with Gasteiger partial charge in [0.1, 0.15) is 0 Å². The molecule has 1 saturated carbocycles. The molecule has 1 atom stereocenters. The number of aliphatic hydroxyl groups excluding tert-OH is 1. The Morgan fingerprint density at radius 3 is 2.00 bits per heavy atom. The van der Waals surface area contributed by atoms with E-state index < -0.39 is 0 Å². The molecule has 1 aliphatic carbocycles. The van der Waals surface area contributed by atoms with E-state index in [1.54, 1.807) is 0 Å². The Balaban J connectivity index is 2.84. The van der Waals surface area contributed by atoms with Gasteiger partial charge in [-0.05, 0) is 51.6 Å². The SMILES string of the molecule is CCC(CC)C(O)C1(N(C)C)CCC(C)CC1. The molecule has 0 aromatic heterocycles. The van der Waals surface area contributed by atoms with Crippen LogP contribution in [-0.4, -0.2) is 35.7 Å². The zero-order valence-electron chi connectivity index (χ0n) is 12.4. The van der Waals surface area contributed by atoms with E-state index in [2.05, 4.69) is 39.8 Å². The summed E-state index contributed by atoms with van der Waals surface area (Å²) in [5.74, 6) is 1.28. The summed E-state index contributed by atoms with van der Waals surface area (Å²) in [5.41, 5.74) is 0.0309. The molecule has 0 aromatic rings. The highest BCUT2D eigenvalue weighted by Gasteiger charge is 2.44. The van der Waals surface area contributed by atoms with Crippen molar-refractivity contribution in [3.05, 3.63) is 0 Å². The molecule has 102 valence electrons. The van der Waals surface area contributed by atoms with Gasteiger partial charge in [0.15, 0.2) is 0 Å². The Morgan fingerprint density at radius 1 is 1.18 bits per heavy atom. The molecule has 0 spiro atoms. The minimum Gasteiger partial charge on any atom is -0.391 e. The summed E-state index contributed by atoms with van der Waals surface area (Å²) < 4.78 is 0. The van der Waals surface area contributed by atoms with E-state index in [9.17, 15) is 5.11 Å². The summed E-state index contributed by atoms with van der Waals surface area (Å²) >= 11 is 0. The van der Waals surface area contributed by atoms with Gasteiger partial charge in [0.25, 0.3) is 0 Å². The standard InChI is InChI=1S/C15H31NO/c1-6-13(7-2)14(17)15(16(4)5)10-8-12(3)9-11-15/h12-14,17H,6-11H2,1-5H3. The maximum atomic E-state index is 10.8. The Morgan fingerprint density at radius 2 is 1.65 bits per heavy atom. The average Bonchev–Trinajstić information content (AvgIpc) is 2.31. The molecule has 2 nitrogen and oxygen atoms in total. The van der Waals surface area contributed by atoms with Gasteiger partial charge >= 0.3 is 0 Å². The van der Waals surface area contributed by atoms with Gasteiger partial charge in [-0.3, -0.25) is 0 Å². The predicted molar refractivity (Wildman–Crippen MR) is 74.1 cm³/mol. The van der Waals surface area contributed by atoms with Crippen LogP contribution in [0.1, 0.15) is 59.3 Å². The molecule has 0 aliphatic heterocycles. The summed E-state index contributed by atoms with van der Waals surface area (Å²) in [6.07, 6.45) is 6.83. The van der Waals surface area contributed by atoms with E-state index in [1.165, 1.54) is 12.8 Å². The van der Waals surface area contributed by atoms with E-state index in [4.69, 9.17) is 0 Å². The van der Waals surface area contributed by atoms with E-state index in [1.807, 2.05) is 0 Å². The smallest absolute Gasteiger partial charge is 0.0751 e. The second-order valence-corrected chi connectivity index (χ2v) is 6.20. The summed E-state index contributed by atoms with van der Waals surface area (Å²) in [4.78, 5) is 2.29. The fourth-order valence-corrected chi connectivity index (χ4v) is 3.44. The molecule has 1 fully saturated rings. The predicted octanol–water partition coefficient (Wildman–Crippen LogP) is 3.29. The fourth-order valence-electron chi connectivity index (χ4n) is 3.44. The van der Waals surface area contributed by atoms with Gasteiger partial charge in [0.05, 0.1) is 6.10 Å². The number of rotatable bonds is 5. The van der Waals surface area contributed by atoms with Crippen molar-refractivity contribution in [3.8, 4) is 0 Å². The molecule has 0 saturated heterocycles. The first-order valence-corrected chi connectivity index (χ1v) is 7.33. The third kappa shape index (κ3) is 3.03. The first-order valence-electron chi connectivity index (χ1n) is 7.33. The highest BCUT2D eigenvalue weighted by atomic mass is 16.3. The molecule has 0 heterocycles. The number of likely N-dealkylation sites (N-methyl/N-ethyl adjacent to an activating group) is 1. The molecule has 0 amide bonds. The van der Waals surface area contributed by atoms with Crippen molar-refractivity contribution in [3.63, 3.8) is 0 Å². The second-order valence-electron chi connectivity index (χ2n) is 6.20. The van der Waals surface area contributed by atoms with Gasteiger partial charge in [0.2, 0.25) is 0 Å². The minimum absolute atomic E-state index is 0.0309. The van der Waals surface area contributed by atoms with Crippen LogP contribution < -0.4 is 0 Å². The van der Waals surface area contributed by atoms with Crippen LogP contribution in [0.5, 0.6) is 0 Å². The molecule has 2 heteroatoms. The van der Waals surface area contributed by atoms with Crippen LogP contribution in [0.25, 0.3) is 0 Å². The molecule has 0 radical (unpaired) electrons. The van der Waals surface area contributed by atoms with Gasteiger partial charge in [-0.15, -0.1) is 0 Å². The molecule has 0 bridgehead atoms. The first kappa shape index (κ1) is 15.0. The van der Waals surface area contributed by atoms with E-state index >= 15 is 0 Å². The third-order valence-electron chi connectivity index (χ3n) is 5.08. The highest BCUT2D eigenvalue weighted by molar-refractivity contribution is 4.99. The van der Waals surface area contributed by atoms with Crippen LogP contribution in [0.2, 0.25) is 0 Å². The molecule has 1 rings (SSSR count). The van der Waals surface area contributed by atoms with Gasteiger partial charge in [-0.2, -0.15) is 0 Å². The largest absolute Gasteiger partial charge is 0.391 e. The molecule has 0 aromatic carbocycles. The molecule has 1 unspecified atom stereocenters. The second kappa shape index (κ2) is 6.19. The van der Waals surface area contributed by atoms with Gasteiger partial charge in [-0.25, -0.2) is 0 Å². The van der Waals surface area contributed by atoms with E-state index in [0.717, 1.165) is 31.6 Å². The summed E-state index contributed by atoms with van der Waals surface area (Å²) in [6.45, 7) is 6.74. The molecule has 17 heavy (non-hydrogen) atoms. The summed E-state index contributed by atoms with van der Waals surface area (Å²) in [5, 5.41) is 10.8. The lowest BCUT2D eigenvalue weighted by atomic mass is 9.69. The van der Waals surface area contributed by atoms with Crippen molar-refractivity contribution >= 4 is 0 Å². The van der Waals surface area contributed by atoms with Crippen molar-refractivity contribution in [2.75, 3.05) is 14.1 Å². The van der Waals surface area contributed by atoms with Crippen molar-refractivity contribution in [1.82, 2.24) is 4.90 Å². The Labute approximate surface area is 107 Å². The van der Waals surface area contributed by atoms with Crippen LogP contribution in [0.3, 0.4) is 0 Å². The van der Waals surface area contributed by atoms with Crippen molar-refractivity contribution in [2.24, 2.45) is 11.8 Å². The Bertz CT molecular complexity index is 215. The van der Waals surface area contributed by atoms with E-state index in [-0.39, 0.29) is 11.6 Å². The van der Waals surface area contributed by atoms with Crippen LogP contribution in [0, 0.1) is 11.8 Å². The Kier molecular flexibility index (Phi) is 5.46. The van der Waals surface area contributed by atoms with Crippen molar-refractivity contribution in [1.29, 1.82) is 0 Å². The lowest BCUT2D eigenvalue weighted by molar-refractivity contribution is -0.0694. The lowest BCUT2D eigenvalue weighted by Crippen LogP contribution is -2.57. The Hall–Kier alpha value is -0.0800. The maximum absolute atomic E-state index is 10.8. The number of hydrogen-bond acceptors (Lipinski definition) is 2. The zero-order chi connectivity index (χ0) is 13.1. The van der Waals surface area contributed by atoms with E-state index in [0.29, 0.717) is 5.92 Å². The van der Waals surface area contributed by atoms with Gasteiger partial charge in [0, 0.05) is 5.54 Å². The monoisotopic (exact) mass is 241 g/mol. The average molecular weight is 241 g/mol. The molecule has 1 aliphatic rings. The quantitative estimate of drug-likeness (QED) is 0.798. The first-order chi connectivity index (χ1) is 7.97. The van der Waals surface area contributed by atoms with Crippen molar-refractivity contribution < 1.29 is 5.11 Å². The molecular weight excluding hydrogens is 210 g/mol. The molecular formula is C15H31NO. The summed E-state index contributed by atoms with van der Waals surface area (Å²) in [7, 11) is 4.28. The molecule has 1 N–H and O–H groups in total. The number of hydrogen-bond donors (Lipinski definition) is 1. The topological polar surface area (TPSA) is 23.5 Å². The zero-order valence-corrected chi connectivity index (χ0v) is 12.4. The minimum atomic E-state index is -0.167. The van der Waals surface area contributed by atoms with Gasteiger partial charge in [-0.1, -0.05) is 33.6 Å². The van der Waals surface area contributed by atoms with Crippen LogP contribution in [-0.2, 0) is 0 Å². The van der Waals surface area contributed by atoms with Gasteiger partial charge < -0.3 is 10.0 Å². The number of aliphatic hydroxyl groups is 1. The maximum Gasteiger partial charge on any atom is 0.0751 e. The lowest BCUT2D eigenvalue weighted by Gasteiger charge is -2.49. The van der Waals surface area contributed by atoms with Crippen LogP contribution in [0.15, 0.2) is 0 Å². The fraction of sp³-hybridized carbons (Fsp3) is 1.00. The normalized spacial score (nSPS) is 32.1. The van der Waals surface area contributed by atoms with Crippen LogP contribution in [0.4, 0.5) is 0 Å². The van der Waals surface area contributed by atoms with Crippen LogP contribution >= 0.6 is 0 Å². The van der Waals surface area contributed by atoms with Crippen molar-refractivity contribution in [2.45, 2.75) is 70.9 Å². The third-order valence-corrected chi connectivity index (χ3v) is 5.08. The highest BCUT2D eigenvalue weighted by Crippen LogP contribution is 2.40. The number of nitrogens with zero attached hydrogens (tertiary/aromatic N) is 1. The summed E-state index contributed by atoms with van der Waals surface area (Å²) in [6, 6.07) is 0.